The number of ether oxygens (including phenoxy) is 2. The second-order valence-corrected chi connectivity index (χ2v) is 8.19. The lowest BCUT2D eigenvalue weighted by Gasteiger charge is -2.32. The summed E-state index contributed by atoms with van der Waals surface area (Å²) in [7, 11) is 0. The molecule has 2 aromatic carbocycles. The van der Waals surface area contributed by atoms with Crippen LogP contribution in [0, 0.1) is 17.2 Å². The Balaban J connectivity index is 1.84. The van der Waals surface area contributed by atoms with Crippen molar-refractivity contribution in [2.45, 2.75) is 26.2 Å². The molecule has 0 saturated carbocycles. The van der Waals surface area contributed by atoms with E-state index in [1.54, 1.807) is 32.0 Å². The minimum absolute atomic E-state index is 0.0254. The SMILES string of the molecule is CC1=NC(C)=C(C(=O)NCCOc2ccccc2)C(c2cccc(Cl)c2)C1C(=O)OCCC#N. The molecule has 8 heteroatoms. The summed E-state index contributed by atoms with van der Waals surface area (Å²) in [4.78, 5) is 30.8. The van der Waals surface area contributed by atoms with Crippen molar-refractivity contribution >= 4 is 29.2 Å². The highest BCUT2D eigenvalue weighted by Gasteiger charge is 2.41. The zero-order valence-corrected chi connectivity index (χ0v) is 19.8. The molecule has 1 heterocycles. The summed E-state index contributed by atoms with van der Waals surface area (Å²) in [6, 6.07) is 18.3. The summed E-state index contributed by atoms with van der Waals surface area (Å²) in [5, 5.41) is 12.1. The smallest absolute Gasteiger partial charge is 0.315 e. The van der Waals surface area contributed by atoms with E-state index < -0.39 is 17.8 Å². The number of nitrogens with one attached hydrogen (secondary N) is 1. The fourth-order valence-electron chi connectivity index (χ4n) is 3.93. The van der Waals surface area contributed by atoms with Crippen LogP contribution >= 0.6 is 11.6 Å². The molecule has 1 aliphatic rings. The van der Waals surface area contributed by atoms with Gasteiger partial charge < -0.3 is 14.8 Å². The van der Waals surface area contributed by atoms with E-state index in [4.69, 9.17) is 26.3 Å². The number of allylic oxidation sites excluding steroid dienone is 1. The molecule has 0 bridgehead atoms. The number of nitrogens with zero attached hydrogens (tertiary/aromatic N) is 2. The molecule has 7 nitrogen and oxygen atoms in total. The first kappa shape index (κ1) is 25.0. The number of hydrogen-bond acceptors (Lipinski definition) is 6. The summed E-state index contributed by atoms with van der Waals surface area (Å²) in [5.41, 5.74) is 2.13. The maximum atomic E-state index is 13.3. The molecule has 3 rings (SSSR count). The average molecular weight is 480 g/mol. The van der Waals surface area contributed by atoms with Gasteiger partial charge in [-0.25, -0.2) is 0 Å². The highest BCUT2D eigenvalue weighted by Crippen LogP contribution is 2.40. The Morgan fingerprint density at radius 2 is 1.88 bits per heavy atom. The summed E-state index contributed by atoms with van der Waals surface area (Å²) in [6.07, 6.45) is 0.0834. The summed E-state index contributed by atoms with van der Waals surface area (Å²) < 4.78 is 11.0. The molecule has 0 spiro atoms. The van der Waals surface area contributed by atoms with Crippen LogP contribution in [-0.4, -0.2) is 37.3 Å². The standard InChI is InChI=1S/C26H26ClN3O4/c1-17-22(25(31)29-13-15-33-21-10-4-3-5-11-21)24(19-8-6-9-20(27)16-19)23(18(2)30-17)26(32)34-14-7-12-28/h3-6,8-11,16,23-24H,7,13-15H2,1-2H3,(H,29,31). The Hall–Kier alpha value is -3.63. The van der Waals surface area contributed by atoms with Crippen molar-refractivity contribution in [3.05, 3.63) is 76.5 Å². The summed E-state index contributed by atoms with van der Waals surface area (Å²) in [5.74, 6) is -1.62. The Morgan fingerprint density at radius 1 is 1.12 bits per heavy atom. The molecule has 1 N–H and O–H groups in total. The van der Waals surface area contributed by atoms with Gasteiger partial charge in [-0.2, -0.15) is 5.26 Å². The zero-order valence-electron chi connectivity index (χ0n) is 19.1. The molecule has 1 aliphatic heterocycles. The number of para-hydroxylation sites is 1. The van der Waals surface area contributed by atoms with Crippen molar-refractivity contribution in [3.63, 3.8) is 0 Å². The Bertz CT molecular complexity index is 1140. The largest absolute Gasteiger partial charge is 0.492 e. The molecule has 176 valence electrons. The Labute approximate surface area is 204 Å². The first-order valence-corrected chi connectivity index (χ1v) is 11.3. The van der Waals surface area contributed by atoms with E-state index in [9.17, 15) is 9.59 Å². The first-order chi connectivity index (χ1) is 16.4. The minimum Gasteiger partial charge on any atom is -0.492 e. The van der Waals surface area contributed by atoms with Crippen molar-refractivity contribution in [1.29, 1.82) is 5.26 Å². The van der Waals surface area contributed by atoms with Gasteiger partial charge in [0.05, 0.1) is 19.0 Å². The van der Waals surface area contributed by atoms with E-state index in [-0.39, 0.29) is 32.1 Å². The highest BCUT2D eigenvalue weighted by atomic mass is 35.5. The molecule has 0 aliphatic carbocycles. The first-order valence-electron chi connectivity index (χ1n) is 10.9. The van der Waals surface area contributed by atoms with Gasteiger partial charge in [-0.1, -0.05) is 41.9 Å². The van der Waals surface area contributed by atoms with Crippen LogP contribution in [0.1, 0.15) is 31.7 Å². The molecular weight excluding hydrogens is 454 g/mol. The number of hydrogen-bond donors (Lipinski definition) is 1. The van der Waals surface area contributed by atoms with Gasteiger partial charge in [-0.05, 0) is 43.7 Å². The Kier molecular flexibility index (Phi) is 8.83. The van der Waals surface area contributed by atoms with Crippen molar-refractivity contribution in [2.75, 3.05) is 19.8 Å². The lowest BCUT2D eigenvalue weighted by molar-refractivity contribution is -0.146. The number of benzene rings is 2. The van der Waals surface area contributed by atoms with E-state index in [1.807, 2.05) is 42.5 Å². The van der Waals surface area contributed by atoms with Gasteiger partial charge in [0.25, 0.3) is 0 Å². The van der Waals surface area contributed by atoms with Crippen molar-refractivity contribution in [3.8, 4) is 11.8 Å². The second kappa shape index (κ2) is 12.0. The predicted octanol–water partition coefficient (Wildman–Crippen LogP) is 4.44. The molecule has 1 amide bonds. The monoisotopic (exact) mass is 479 g/mol. The summed E-state index contributed by atoms with van der Waals surface area (Å²) >= 11 is 6.24. The third-order valence-corrected chi connectivity index (χ3v) is 5.63. The topological polar surface area (TPSA) is 101 Å². The van der Waals surface area contributed by atoms with E-state index in [2.05, 4.69) is 10.3 Å². The van der Waals surface area contributed by atoms with Crippen LogP contribution < -0.4 is 10.1 Å². The van der Waals surface area contributed by atoms with Crippen LogP contribution in [-0.2, 0) is 14.3 Å². The number of carbonyl (C=O) groups is 2. The van der Waals surface area contributed by atoms with Crippen LogP contribution in [0.2, 0.25) is 5.02 Å². The molecule has 0 saturated heterocycles. The maximum Gasteiger partial charge on any atom is 0.315 e. The third-order valence-electron chi connectivity index (χ3n) is 5.39. The second-order valence-electron chi connectivity index (χ2n) is 7.76. The van der Waals surface area contributed by atoms with E-state index in [0.717, 1.165) is 0 Å². The lowest BCUT2D eigenvalue weighted by Crippen LogP contribution is -2.40. The van der Waals surface area contributed by atoms with Gasteiger partial charge in [-0.3, -0.25) is 14.6 Å². The van der Waals surface area contributed by atoms with Crippen LogP contribution in [0.3, 0.4) is 0 Å². The van der Waals surface area contributed by atoms with Crippen molar-refractivity contribution in [1.82, 2.24) is 5.32 Å². The number of nitriles is 1. The zero-order chi connectivity index (χ0) is 24.5. The van der Waals surface area contributed by atoms with E-state index >= 15 is 0 Å². The minimum atomic E-state index is -0.817. The Morgan fingerprint density at radius 3 is 2.59 bits per heavy atom. The lowest BCUT2D eigenvalue weighted by atomic mass is 9.75. The molecule has 0 fully saturated rings. The van der Waals surface area contributed by atoms with Gasteiger partial charge in [-0.15, -0.1) is 0 Å². The summed E-state index contributed by atoms with van der Waals surface area (Å²) in [6.45, 7) is 4.01. The van der Waals surface area contributed by atoms with Crippen LogP contribution in [0.15, 0.2) is 70.9 Å². The fraction of sp³-hybridized carbons (Fsp3) is 0.308. The number of esters is 1. The number of aliphatic imine (C=N–C) groups is 1. The normalized spacial score (nSPS) is 17.4. The number of rotatable bonds is 9. The van der Waals surface area contributed by atoms with Crippen molar-refractivity contribution < 1.29 is 19.1 Å². The van der Waals surface area contributed by atoms with Gasteiger partial charge in [0.15, 0.2) is 0 Å². The highest BCUT2D eigenvalue weighted by molar-refractivity contribution is 6.30. The molecule has 0 aromatic heterocycles. The number of amides is 1. The molecule has 2 atom stereocenters. The molecular formula is C26H26ClN3O4. The van der Waals surface area contributed by atoms with Crippen LogP contribution in [0.5, 0.6) is 5.75 Å². The average Bonchev–Trinajstić information content (AvgIpc) is 2.82. The predicted molar refractivity (Wildman–Crippen MR) is 130 cm³/mol. The van der Waals surface area contributed by atoms with E-state index in [1.165, 1.54) is 0 Å². The maximum absolute atomic E-state index is 13.3. The molecule has 2 unspecified atom stereocenters. The number of halogens is 1. The molecule has 34 heavy (non-hydrogen) atoms. The van der Waals surface area contributed by atoms with Gasteiger partial charge in [0.1, 0.15) is 24.9 Å². The van der Waals surface area contributed by atoms with Crippen LogP contribution in [0.4, 0.5) is 0 Å². The number of carbonyl (C=O) groups excluding carboxylic acids is 2. The van der Waals surface area contributed by atoms with E-state index in [0.29, 0.717) is 33.3 Å². The fourth-order valence-corrected chi connectivity index (χ4v) is 4.13. The van der Waals surface area contributed by atoms with Crippen molar-refractivity contribution in [2.24, 2.45) is 10.9 Å². The van der Waals surface area contributed by atoms with Gasteiger partial charge >= 0.3 is 5.97 Å². The third kappa shape index (κ3) is 6.24. The molecule has 0 radical (unpaired) electrons. The van der Waals surface area contributed by atoms with Crippen LogP contribution in [0.25, 0.3) is 0 Å². The molecule has 2 aromatic rings. The van der Waals surface area contributed by atoms with Gasteiger partial charge in [0, 0.05) is 27.9 Å². The van der Waals surface area contributed by atoms with Gasteiger partial charge in [0.2, 0.25) is 5.91 Å². The quantitative estimate of drug-likeness (QED) is 0.423.